The minimum absolute atomic E-state index is 0.155. The van der Waals surface area contributed by atoms with Gasteiger partial charge in [-0.2, -0.15) is 23.5 Å². The van der Waals surface area contributed by atoms with Gasteiger partial charge in [-0.1, -0.05) is 0 Å². The van der Waals surface area contributed by atoms with Crippen molar-refractivity contribution in [2.75, 3.05) is 36.4 Å². The Bertz CT molecular complexity index is 1320. The van der Waals surface area contributed by atoms with E-state index in [9.17, 15) is 22.8 Å². The molecule has 1 fully saturated rings. The van der Waals surface area contributed by atoms with Crippen LogP contribution in [0.1, 0.15) is 28.5 Å². The van der Waals surface area contributed by atoms with E-state index < -0.39 is 29.0 Å². The minimum atomic E-state index is -4.83. The summed E-state index contributed by atoms with van der Waals surface area (Å²) in [6.07, 6.45) is 2.34. The van der Waals surface area contributed by atoms with Crippen LogP contribution >= 0.6 is 0 Å². The SMILES string of the molecule is CC(Cn1ccc(C(=O)N2CCN(c3cnc(C#N)cn3)CC2)c1)Nc1cn[nH]c(=O)c1C(F)(F)F. The Labute approximate surface area is 203 Å². The molecule has 0 bridgehead atoms. The van der Waals surface area contributed by atoms with Gasteiger partial charge < -0.3 is 19.7 Å². The molecule has 0 radical (unpaired) electrons. The van der Waals surface area contributed by atoms with Crippen LogP contribution in [-0.2, 0) is 12.7 Å². The Morgan fingerprint density at radius 3 is 2.61 bits per heavy atom. The summed E-state index contributed by atoms with van der Waals surface area (Å²) >= 11 is 0. The first-order chi connectivity index (χ1) is 17.2. The first kappa shape index (κ1) is 24.7. The summed E-state index contributed by atoms with van der Waals surface area (Å²) in [7, 11) is 0. The van der Waals surface area contributed by atoms with Crippen LogP contribution < -0.4 is 15.8 Å². The Kier molecular flexibility index (Phi) is 6.91. The smallest absolute Gasteiger partial charge is 0.379 e. The van der Waals surface area contributed by atoms with Crippen molar-refractivity contribution in [1.29, 1.82) is 5.26 Å². The van der Waals surface area contributed by atoms with Crippen LogP contribution in [0.25, 0.3) is 0 Å². The van der Waals surface area contributed by atoms with E-state index in [-0.39, 0.29) is 18.1 Å². The number of aromatic nitrogens is 5. The van der Waals surface area contributed by atoms with E-state index in [1.165, 1.54) is 12.4 Å². The number of alkyl halides is 3. The molecular formula is C22H22F3N9O2. The first-order valence-electron chi connectivity index (χ1n) is 11.0. The molecule has 1 aliphatic heterocycles. The van der Waals surface area contributed by atoms with E-state index in [1.54, 1.807) is 39.9 Å². The molecule has 4 heterocycles. The van der Waals surface area contributed by atoms with Crippen molar-refractivity contribution < 1.29 is 18.0 Å². The number of anilines is 2. The zero-order chi connectivity index (χ0) is 25.9. The number of carbonyl (C=O) groups is 1. The fraction of sp³-hybridized carbons (Fsp3) is 0.364. The van der Waals surface area contributed by atoms with Gasteiger partial charge in [0, 0.05) is 51.2 Å². The lowest BCUT2D eigenvalue weighted by Gasteiger charge is -2.35. The monoisotopic (exact) mass is 501 g/mol. The molecule has 4 rings (SSSR count). The Hall–Kier alpha value is -4.41. The van der Waals surface area contributed by atoms with Crippen molar-refractivity contribution in [3.8, 4) is 6.07 Å². The van der Waals surface area contributed by atoms with Gasteiger partial charge in [-0.05, 0) is 13.0 Å². The predicted octanol–water partition coefficient (Wildman–Crippen LogP) is 1.71. The average molecular weight is 501 g/mol. The van der Waals surface area contributed by atoms with Crippen LogP contribution in [-0.4, -0.2) is 67.8 Å². The third kappa shape index (κ3) is 5.45. The molecule has 1 saturated heterocycles. The van der Waals surface area contributed by atoms with Gasteiger partial charge >= 0.3 is 6.18 Å². The molecule has 1 unspecified atom stereocenters. The van der Waals surface area contributed by atoms with Crippen molar-refractivity contribution in [1.82, 2.24) is 29.6 Å². The normalized spacial score (nSPS) is 14.9. The van der Waals surface area contributed by atoms with Crippen molar-refractivity contribution in [2.45, 2.75) is 25.7 Å². The molecule has 14 heteroatoms. The third-order valence-electron chi connectivity index (χ3n) is 5.67. The zero-order valence-corrected chi connectivity index (χ0v) is 19.2. The lowest BCUT2D eigenvalue weighted by Crippen LogP contribution is -2.49. The third-order valence-corrected chi connectivity index (χ3v) is 5.67. The summed E-state index contributed by atoms with van der Waals surface area (Å²) in [5, 5.41) is 16.8. The van der Waals surface area contributed by atoms with Gasteiger partial charge in [0.2, 0.25) is 0 Å². The van der Waals surface area contributed by atoms with Gasteiger partial charge in [0.05, 0.1) is 29.8 Å². The number of nitrogens with one attached hydrogen (secondary N) is 2. The molecule has 0 aliphatic carbocycles. The van der Waals surface area contributed by atoms with Crippen LogP contribution in [0.5, 0.6) is 0 Å². The molecule has 1 atom stereocenters. The molecule has 0 spiro atoms. The number of rotatable bonds is 6. The molecule has 1 aliphatic rings. The highest BCUT2D eigenvalue weighted by Gasteiger charge is 2.37. The minimum Gasteiger partial charge on any atom is -0.379 e. The van der Waals surface area contributed by atoms with Crippen molar-refractivity contribution in [3.05, 3.63) is 64.2 Å². The summed E-state index contributed by atoms with van der Waals surface area (Å²) in [6.45, 7) is 3.97. The average Bonchev–Trinajstić information content (AvgIpc) is 3.31. The van der Waals surface area contributed by atoms with E-state index in [4.69, 9.17) is 5.26 Å². The molecule has 11 nitrogen and oxygen atoms in total. The Balaban J connectivity index is 1.34. The van der Waals surface area contributed by atoms with Gasteiger partial charge in [-0.15, -0.1) is 0 Å². The van der Waals surface area contributed by atoms with E-state index in [1.807, 2.05) is 11.0 Å². The maximum Gasteiger partial charge on any atom is 0.423 e. The molecular weight excluding hydrogens is 479 g/mol. The van der Waals surface area contributed by atoms with Gasteiger partial charge in [0.15, 0.2) is 5.69 Å². The highest BCUT2D eigenvalue weighted by atomic mass is 19.4. The second-order valence-electron chi connectivity index (χ2n) is 8.28. The van der Waals surface area contributed by atoms with Crippen molar-refractivity contribution in [2.24, 2.45) is 0 Å². The van der Waals surface area contributed by atoms with Crippen molar-refractivity contribution in [3.63, 3.8) is 0 Å². The highest BCUT2D eigenvalue weighted by molar-refractivity contribution is 5.94. The lowest BCUT2D eigenvalue weighted by molar-refractivity contribution is -0.138. The number of nitrogens with zero attached hydrogens (tertiary/aromatic N) is 7. The summed E-state index contributed by atoms with van der Waals surface area (Å²) in [5.41, 5.74) is -2.37. The number of H-pyrrole nitrogens is 1. The van der Waals surface area contributed by atoms with Crippen LogP contribution in [0.4, 0.5) is 24.7 Å². The number of piperazine rings is 1. The topological polar surface area (TPSA) is 136 Å². The number of aromatic amines is 1. The maximum absolute atomic E-state index is 13.3. The molecule has 1 amide bonds. The number of halogens is 3. The molecule has 0 aromatic carbocycles. The second-order valence-corrected chi connectivity index (χ2v) is 8.28. The molecule has 3 aromatic rings. The standard InChI is InChI=1S/C22H22F3N9O2/c1-14(30-17-10-29-31-20(35)19(17)22(23,24)25)12-32-3-2-15(13-32)21(36)34-6-4-33(5-7-34)18-11-27-16(8-26)9-28-18/h2-3,9-11,13-14H,4-7,12H2,1H3,(H2,30,31,35). The number of hydrogen-bond donors (Lipinski definition) is 2. The van der Waals surface area contributed by atoms with Crippen LogP contribution in [0.2, 0.25) is 0 Å². The van der Waals surface area contributed by atoms with Gasteiger partial charge in [0.25, 0.3) is 11.5 Å². The number of amides is 1. The Morgan fingerprint density at radius 1 is 1.22 bits per heavy atom. The molecule has 3 aromatic heterocycles. The van der Waals surface area contributed by atoms with Crippen LogP contribution in [0.3, 0.4) is 0 Å². The predicted molar refractivity (Wildman–Crippen MR) is 122 cm³/mol. The van der Waals surface area contributed by atoms with E-state index in [2.05, 4.69) is 20.4 Å². The van der Waals surface area contributed by atoms with E-state index in [0.29, 0.717) is 37.6 Å². The number of carbonyl (C=O) groups excluding carboxylic acids is 1. The molecule has 36 heavy (non-hydrogen) atoms. The highest BCUT2D eigenvalue weighted by Crippen LogP contribution is 2.31. The molecule has 188 valence electrons. The van der Waals surface area contributed by atoms with E-state index in [0.717, 1.165) is 6.20 Å². The largest absolute Gasteiger partial charge is 0.423 e. The first-order valence-corrected chi connectivity index (χ1v) is 11.0. The maximum atomic E-state index is 13.3. The molecule has 0 saturated carbocycles. The van der Waals surface area contributed by atoms with Crippen LogP contribution in [0, 0.1) is 11.3 Å². The zero-order valence-electron chi connectivity index (χ0n) is 19.2. The summed E-state index contributed by atoms with van der Waals surface area (Å²) in [4.78, 5) is 36.5. The summed E-state index contributed by atoms with van der Waals surface area (Å²) < 4.78 is 41.4. The van der Waals surface area contributed by atoms with Gasteiger partial charge in [0.1, 0.15) is 17.5 Å². The van der Waals surface area contributed by atoms with Crippen LogP contribution in [0.15, 0.2) is 41.8 Å². The van der Waals surface area contributed by atoms with E-state index >= 15 is 0 Å². The second kappa shape index (κ2) is 10.1. The fourth-order valence-corrected chi connectivity index (χ4v) is 3.96. The number of nitriles is 1. The quantitative estimate of drug-likeness (QED) is 0.521. The number of hydrogen-bond acceptors (Lipinski definition) is 8. The van der Waals surface area contributed by atoms with Gasteiger partial charge in [-0.25, -0.2) is 15.1 Å². The lowest BCUT2D eigenvalue weighted by atomic mass is 10.2. The Morgan fingerprint density at radius 2 is 1.97 bits per heavy atom. The fourth-order valence-electron chi connectivity index (χ4n) is 3.96. The summed E-state index contributed by atoms with van der Waals surface area (Å²) in [6, 6.07) is 3.08. The molecule has 2 N–H and O–H groups in total. The van der Waals surface area contributed by atoms with Gasteiger partial charge in [-0.3, -0.25) is 9.59 Å². The van der Waals surface area contributed by atoms with Crippen molar-refractivity contribution >= 4 is 17.4 Å². The summed E-state index contributed by atoms with van der Waals surface area (Å²) in [5.74, 6) is 0.483.